The molecule has 1 aromatic heterocycles. The van der Waals surface area contributed by atoms with E-state index < -0.39 is 15.9 Å². The van der Waals surface area contributed by atoms with Crippen LogP contribution in [0.3, 0.4) is 0 Å². The fourth-order valence-electron chi connectivity index (χ4n) is 1.06. The van der Waals surface area contributed by atoms with Crippen LogP contribution >= 0.6 is 15.9 Å². The maximum Gasteiger partial charge on any atom is 0.242 e. The van der Waals surface area contributed by atoms with Crippen LogP contribution in [0.2, 0.25) is 0 Å². The molecule has 0 aliphatic heterocycles. The maximum absolute atomic E-state index is 11.9. The fraction of sp³-hybridized carbons (Fsp3) is 0.333. The Morgan fingerprint density at radius 3 is 2.89 bits per heavy atom. The predicted octanol–water partition coefficient (Wildman–Crippen LogP) is 0.505. The number of oxime groups is 1. The Kier molecular flexibility index (Phi) is 5.05. The molecule has 18 heavy (non-hydrogen) atoms. The smallest absolute Gasteiger partial charge is 0.242 e. The summed E-state index contributed by atoms with van der Waals surface area (Å²) in [5, 5.41) is 11.3. The predicted molar refractivity (Wildman–Crippen MR) is 69.7 cm³/mol. The van der Waals surface area contributed by atoms with Crippen molar-refractivity contribution in [3.05, 3.63) is 22.9 Å². The number of nitrogens with one attached hydrogen (secondary N) is 1. The lowest BCUT2D eigenvalue weighted by Crippen LogP contribution is -2.34. The number of amidine groups is 1. The lowest BCUT2D eigenvalue weighted by molar-refractivity contribution is 0.314. The second kappa shape index (κ2) is 6.12. The Labute approximate surface area is 113 Å². The van der Waals surface area contributed by atoms with Gasteiger partial charge in [0, 0.05) is 29.3 Å². The molecule has 0 spiro atoms. The summed E-state index contributed by atoms with van der Waals surface area (Å²) in [4.78, 5) is 3.82. The van der Waals surface area contributed by atoms with Gasteiger partial charge in [0.25, 0.3) is 0 Å². The largest absolute Gasteiger partial charge is 0.409 e. The number of sulfonamides is 1. The highest BCUT2D eigenvalue weighted by Gasteiger charge is 2.17. The zero-order valence-electron chi connectivity index (χ0n) is 9.54. The van der Waals surface area contributed by atoms with Gasteiger partial charge in [-0.05, 0) is 22.0 Å². The normalized spacial score (nSPS) is 14.4. The summed E-state index contributed by atoms with van der Waals surface area (Å²) in [7, 11) is -3.65. The summed E-state index contributed by atoms with van der Waals surface area (Å²) in [5.41, 5.74) is 5.35. The van der Waals surface area contributed by atoms with Gasteiger partial charge in [0.2, 0.25) is 10.0 Å². The molecule has 0 radical (unpaired) electrons. The van der Waals surface area contributed by atoms with Gasteiger partial charge in [0.1, 0.15) is 10.7 Å². The third-order valence-electron chi connectivity index (χ3n) is 2.19. The van der Waals surface area contributed by atoms with Crippen LogP contribution in [-0.2, 0) is 10.0 Å². The molecule has 0 aliphatic rings. The van der Waals surface area contributed by atoms with Crippen LogP contribution in [0.15, 0.2) is 33.0 Å². The molecule has 7 nitrogen and oxygen atoms in total. The molecule has 0 fully saturated rings. The highest BCUT2D eigenvalue weighted by molar-refractivity contribution is 9.10. The number of nitrogens with two attached hydrogens (primary N) is 1. The number of hydrogen-bond donors (Lipinski definition) is 3. The molecule has 0 aromatic carbocycles. The molecular weight excluding hydrogens is 324 g/mol. The minimum atomic E-state index is -3.65. The standard InChI is InChI=1S/C9H13BrN4O3S/c1-6(9(11)14-15)3-13-18(16,17)8-2-7(10)4-12-5-8/h2,4-6,13,15H,3H2,1H3,(H2,11,14). The van der Waals surface area contributed by atoms with Gasteiger partial charge < -0.3 is 10.9 Å². The topological polar surface area (TPSA) is 118 Å². The summed E-state index contributed by atoms with van der Waals surface area (Å²) in [6.07, 6.45) is 2.72. The molecule has 1 rings (SSSR count). The molecule has 0 aliphatic carbocycles. The van der Waals surface area contributed by atoms with Crippen molar-refractivity contribution >= 4 is 31.8 Å². The van der Waals surface area contributed by atoms with Crippen LogP contribution in [0.5, 0.6) is 0 Å². The molecule has 1 unspecified atom stereocenters. The molecule has 1 atom stereocenters. The maximum atomic E-state index is 11.9. The quantitative estimate of drug-likeness (QED) is 0.313. The average molecular weight is 337 g/mol. The van der Waals surface area contributed by atoms with E-state index in [2.05, 4.69) is 30.8 Å². The van der Waals surface area contributed by atoms with Gasteiger partial charge in [0.15, 0.2) is 0 Å². The first kappa shape index (κ1) is 14.9. The van der Waals surface area contributed by atoms with Crippen molar-refractivity contribution in [1.82, 2.24) is 9.71 Å². The van der Waals surface area contributed by atoms with E-state index in [-0.39, 0.29) is 17.3 Å². The number of halogens is 1. The lowest BCUT2D eigenvalue weighted by atomic mass is 10.2. The third kappa shape index (κ3) is 3.93. The van der Waals surface area contributed by atoms with E-state index in [1.807, 2.05) is 0 Å². The minimum Gasteiger partial charge on any atom is -0.409 e. The summed E-state index contributed by atoms with van der Waals surface area (Å²) in [6.45, 7) is 1.67. The van der Waals surface area contributed by atoms with E-state index in [1.54, 1.807) is 6.92 Å². The first-order valence-electron chi connectivity index (χ1n) is 4.94. The van der Waals surface area contributed by atoms with Crippen LogP contribution < -0.4 is 10.5 Å². The van der Waals surface area contributed by atoms with E-state index >= 15 is 0 Å². The van der Waals surface area contributed by atoms with E-state index in [9.17, 15) is 8.42 Å². The SMILES string of the molecule is CC(CNS(=O)(=O)c1cncc(Br)c1)C(N)=NO. The zero-order valence-corrected chi connectivity index (χ0v) is 11.9. The Hall–Kier alpha value is -1.19. The number of nitrogens with zero attached hydrogens (tertiary/aromatic N) is 2. The Bertz CT molecular complexity index is 546. The van der Waals surface area contributed by atoms with E-state index in [0.29, 0.717) is 4.47 Å². The molecule has 1 heterocycles. The molecule has 100 valence electrons. The Morgan fingerprint density at radius 1 is 1.67 bits per heavy atom. The lowest BCUT2D eigenvalue weighted by Gasteiger charge is -2.11. The highest BCUT2D eigenvalue weighted by Crippen LogP contribution is 2.14. The molecule has 4 N–H and O–H groups in total. The van der Waals surface area contributed by atoms with Crippen molar-refractivity contribution in [2.24, 2.45) is 16.8 Å². The zero-order chi connectivity index (χ0) is 13.8. The number of rotatable bonds is 5. The van der Waals surface area contributed by atoms with Crippen molar-refractivity contribution < 1.29 is 13.6 Å². The van der Waals surface area contributed by atoms with E-state index in [1.165, 1.54) is 18.5 Å². The van der Waals surface area contributed by atoms with Crippen LogP contribution in [0, 0.1) is 5.92 Å². The summed E-state index contributed by atoms with van der Waals surface area (Å²) >= 11 is 3.14. The van der Waals surface area contributed by atoms with Crippen molar-refractivity contribution in [3.63, 3.8) is 0 Å². The molecule has 0 saturated heterocycles. The third-order valence-corrected chi connectivity index (χ3v) is 4.01. The second-order valence-electron chi connectivity index (χ2n) is 3.62. The second-order valence-corrected chi connectivity index (χ2v) is 6.30. The van der Waals surface area contributed by atoms with E-state index in [4.69, 9.17) is 10.9 Å². The van der Waals surface area contributed by atoms with Crippen molar-refractivity contribution in [2.75, 3.05) is 6.54 Å². The Morgan fingerprint density at radius 2 is 2.33 bits per heavy atom. The number of aromatic nitrogens is 1. The van der Waals surface area contributed by atoms with Gasteiger partial charge in [-0.3, -0.25) is 4.98 Å². The monoisotopic (exact) mass is 336 g/mol. The molecular formula is C9H13BrN4O3S. The van der Waals surface area contributed by atoms with Gasteiger partial charge in [-0.25, -0.2) is 13.1 Å². The minimum absolute atomic E-state index is 0.0325. The van der Waals surface area contributed by atoms with Crippen LogP contribution in [0.1, 0.15) is 6.92 Å². The molecule has 1 aromatic rings. The molecule has 9 heteroatoms. The van der Waals surface area contributed by atoms with Crippen molar-refractivity contribution in [2.45, 2.75) is 11.8 Å². The highest BCUT2D eigenvalue weighted by atomic mass is 79.9. The van der Waals surface area contributed by atoms with Crippen molar-refractivity contribution in [3.8, 4) is 0 Å². The van der Waals surface area contributed by atoms with Gasteiger partial charge in [-0.2, -0.15) is 0 Å². The number of pyridine rings is 1. The van der Waals surface area contributed by atoms with E-state index in [0.717, 1.165) is 0 Å². The van der Waals surface area contributed by atoms with Crippen LogP contribution in [-0.4, -0.2) is 31.0 Å². The van der Waals surface area contributed by atoms with Gasteiger partial charge in [-0.15, -0.1) is 0 Å². The Balaban J connectivity index is 2.78. The van der Waals surface area contributed by atoms with Crippen LogP contribution in [0.4, 0.5) is 0 Å². The van der Waals surface area contributed by atoms with Crippen LogP contribution in [0.25, 0.3) is 0 Å². The van der Waals surface area contributed by atoms with Gasteiger partial charge >= 0.3 is 0 Å². The first-order valence-corrected chi connectivity index (χ1v) is 7.22. The summed E-state index contributed by atoms with van der Waals surface area (Å²) < 4.78 is 26.7. The summed E-state index contributed by atoms with van der Waals surface area (Å²) in [6, 6.07) is 1.43. The number of hydrogen-bond acceptors (Lipinski definition) is 5. The fourth-order valence-corrected chi connectivity index (χ4v) is 2.69. The van der Waals surface area contributed by atoms with Crippen molar-refractivity contribution in [1.29, 1.82) is 0 Å². The molecule has 0 bridgehead atoms. The molecule has 0 amide bonds. The first-order chi connectivity index (χ1) is 8.36. The van der Waals surface area contributed by atoms with Gasteiger partial charge in [0.05, 0.1) is 0 Å². The van der Waals surface area contributed by atoms with Gasteiger partial charge in [-0.1, -0.05) is 12.1 Å². The summed E-state index contributed by atoms with van der Waals surface area (Å²) in [5.74, 6) is -0.449. The average Bonchev–Trinajstić information content (AvgIpc) is 2.35. The molecule has 0 saturated carbocycles.